The molecule has 1 radical (unpaired) electrons. The molecule has 0 unspecified atom stereocenters. The predicted octanol–water partition coefficient (Wildman–Crippen LogP) is 1.68. The lowest BCUT2D eigenvalue weighted by Gasteiger charge is -1.98. The first-order valence-corrected chi connectivity index (χ1v) is 4.08. The van der Waals surface area contributed by atoms with Crippen LogP contribution in [-0.4, -0.2) is 20.2 Å². The minimum absolute atomic E-state index is 0.378. The largest absolute Gasteiger partial charge is 0.496 e. The number of benzene rings is 1. The SMILES string of the molecule is COC(=O)C=Cc1cc[c]c(OC)c1. The quantitative estimate of drug-likeness (QED) is 0.538. The van der Waals surface area contributed by atoms with Gasteiger partial charge in [0.05, 0.1) is 14.2 Å². The van der Waals surface area contributed by atoms with Gasteiger partial charge in [-0.1, -0.05) is 6.07 Å². The molecule has 0 N–H and O–H groups in total. The fourth-order valence-electron chi connectivity index (χ4n) is 0.915. The molecule has 14 heavy (non-hydrogen) atoms. The van der Waals surface area contributed by atoms with Gasteiger partial charge in [-0.05, 0) is 23.8 Å². The first kappa shape index (κ1) is 10.3. The Kier molecular flexibility index (Phi) is 3.73. The second-order valence-electron chi connectivity index (χ2n) is 2.55. The Bertz CT molecular complexity index is 342. The monoisotopic (exact) mass is 191 g/mol. The van der Waals surface area contributed by atoms with Crippen molar-refractivity contribution in [1.82, 2.24) is 0 Å². The molecule has 0 amide bonds. The van der Waals surface area contributed by atoms with E-state index < -0.39 is 0 Å². The standard InChI is InChI=1S/C11H11O3/c1-13-10-5-3-4-9(8-10)6-7-11(12)14-2/h3-4,6-8H,1-2H3. The lowest BCUT2D eigenvalue weighted by molar-refractivity contribution is -0.134. The number of ether oxygens (including phenoxy) is 2. The summed E-state index contributed by atoms with van der Waals surface area (Å²) in [5.41, 5.74) is 0.867. The van der Waals surface area contributed by atoms with Crippen LogP contribution in [0.25, 0.3) is 6.08 Å². The van der Waals surface area contributed by atoms with E-state index in [9.17, 15) is 4.79 Å². The van der Waals surface area contributed by atoms with Crippen LogP contribution in [0.3, 0.4) is 0 Å². The van der Waals surface area contributed by atoms with Crippen molar-refractivity contribution >= 4 is 12.0 Å². The molecule has 0 aromatic heterocycles. The van der Waals surface area contributed by atoms with Crippen LogP contribution in [0.2, 0.25) is 0 Å². The van der Waals surface area contributed by atoms with E-state index in [0.29, 0.717) is 5.75 Å². The number of hydrogen-bond acceptors (Lipinski definition) is 3. The molecule has 3 heteroatoms. The fraction of sp³-hybridized carbons (Fsp3) is 0.182. The number of rotatable bonds is 3. The highest BCUT2D eigenvalue weighted by Gasteiger charge is 1.94. The van der Waals surface area contributed by atoms with E-state index in [0.717, 1.165) is 5.56 Å². The van der Waals surface area contributed by atoms with Gasteiger partial charge in [-0.25, -0.2) is 4.79 Å². The maximum Gasteiger partial charge on any atom is 0.330 e. The van der Waals surface area contributed by atoms with Crippen LogP contribution in [0.5, 0.6) is 5.75 Å². The van der Waals surface area contributed by atoms with Gasteiger partial charge in [0.15, 0.2) is 0 Å². The maximum absolute atomic E-state index is 10.8. The second-order valence-corrected chi connectivity index (χ2v) is 2.55. The zero-order valence-electron chi connectivity index (χ0n) is 8.11. The summed E-state index contributed by atoms with van der Waals surface area (Å²) >= 11 is 0. The van der Waals surface area contributed by atoms with E-state index in [1.165, 1.54) is 13.2 Å². The molecule has 0 aliphatic carbocycles. The van der Waals surface area contributed by atoms with Crippen molar-refractivity contribution in [2.24, 2.45) is 0 Å². The highest BCUT2D eigenvalue weighted by atomic mass is 16.5. The van der Waals surface area contributed by atoms with Gasteiger partial charge in [0, 0.05) is 12.1 Å². The van der Waals surface area contributed by atoms with Gasteiger partial charge in [0.2, 0.25) is 0 Å². The van der Waals surface area contributed by atoms with Crippen molar-refractivity contribution in [1.29, 1.82) is 0 Å². The Balaban J connectivity index is 2.76. The number of carbonyl (C=O) groups excluding carboxylic acids is 1. The van der Waals surface area contributed by atoms with Crippen LogP contribution in [0, 0.1) is 6.07 Å². The molecular weight excluding hydrogens is 180 g/mol. The Labute approximate surface area is 83.0 Å². The van der Waals surface area contributed by atoms with Crippen molar-refractivity contribution in [2.45, 2.75) is 0 Å². The normalized spacial score (nSPS) is 10.1. The Morgan fingerprint density at radius 2 is 2.29 bits per heavy atom. The fourth-order valence-corrected chi connectivity index (χ4v) is 0.915. The summed E-state index contributed by atoms with van der Waals surface area (Å²) in [6, 6.07) is 8.22. The molecule has 0 heterocycles. The molecule has 1 aromatic rings. The van der Waals surface area contributed by atoms with Crippen molar-refractivity contribution < 1.29 is 14.3 Å². The molecule has 0 aliphatic heterocycles. The minimum atomic E-state index is -0.378. The average Bonchev–Trinajstić information content (AvgIpc) is 2.26. The highest BCUT2D eigenvalue weighted by Crippen LogP contribution is 2.12. The Morgan fingerprint density at radius 3 is 2.93 bits per heavy atom. The van der Waals surface area contributed by atoms with E-state index in [1.807, 2.05) is 6.07 Å². The van der Waals surface area contributed by atoms with E-state index >= 15 is 0 Å². The zero-order chi connectivity index (χ0) is 10.4. The molecule has 0 aliphatic rings. The summed E-state index contributed by atoms with van der Waals surface area (Å²) in [7, 11) is 2.91. The lowest BCUT2D eigenvalue weighted by atomic mass is 10.2. The van der Waals surface area contributed by atoms with Gasteiger partial charge < -0.3 is 9.47 Å². The molecule has 3 nitrogen and oxygen atoms in total. The summed E-state index contributed by atoms with van der Waals surface area (Å²) in [5, 5.41) is 0. The van der Waals surface area contributed by atoms with E-state index in [-0.39, 0.29) is 5.97 Å². The van der Waals surface area contributed by atoms with Crippen molar-refractivity contribution in [3.8, 4) is 5.75 Å². The third-order valence-electron chi connectivity index (χ3n) is 1.63. The van der Waals surface area contributed by atoms with Gasteiger partial charge in [-0.3, -0.25) is 0 Å². The van der Waals surface area contributed by atoms with Crippen molar-refractivity contribution in [3.05, 3.63) is 35.9 Å². The van der Waals surface area contributed by atoms with Crippen LogP contribution in [0.4, 0.5) is 0 Å². The van der Waals surface area contributed by atoms with Gasteiger partial charge in [0.25, 0.3) is 0 Å². The number of hydrogen-bond donors (Lipinski definition) is 0. The highest BCUT2D eigenvalue weighted by molar-refractivity contribution is 5.86. The zero-order valence-corrected chi connectivity index (χ0v) is 8.11. The summed E-state index contributed by atoms with van der Waals surface area (Å²) in [5.74, 6) is 0.258. The van der Waals surface area contributed by atoms with E-state index in [1.54, 1.807) is 25.3 Å². The molecule has 0 saturated carbocycles. The number of esters is 1. The first-order chi connectivity index (χ1) is 6.76. The topological polar surface area (TPSA) is 35.5 Å². The molecule has 0 spiro atoms. The van der Waals surface area contributed by atoms with E-state index in [2.05, 4.69) is 10.8 Å². The average molecular weight is 191 g/mol. The number of methoxy groups -OCH3 is 2. The summed E-state index contributed by atoms with van der Waals surface area (Å²) in [6.45, 7) is 0. The Morgan fingerprint density at radius 1 is 1.50 bits per heavy atom. The van der Waals surface area contributed by atoms with Crippen molar-refractivity contribution in [2.75, 3.05) is 14.2 Å². The van der Waals surface area contributed by atoms with E-state index in [4.69, 9.17) is 4.74 Å². The molecule has 1 aromatic carbocycles. The molecule has 0 atom stereocenters. The smallest absolute Gasteiger partial charge is 0.330 e. The molecule has 0 bridgehead atoms. The van der Waals surface area contributed by atoms with Crippen LogP contribution in [0.15, 0.2) is 24.3 Å². The molecule has 0 saturated heterocycles. The maximum atomic E-state index is 10.8. The predicted molar refractivity (Wildman–Crippen MR) is 52.9 cm³/mol. The molecule has 73 valence electrons. The molecular formula is C11H11O3. The van der Waals surface area contributed by atoms with Gasteiger partial charge in [0.1, 0.15) is 5.75 Å². The van der Waals surface area contributed by atoms with Crippen LogP contribution < -0.4 is 4.74 Å². The minimum Gasteiger partial charge on any atom is -0.496 e. The first-order valence-electron chi connectivity index (χ1n) is 4.08. The van der Waals surface area contributed by atoms with Crippen LogP contribution >= 0.6 is 0 Å². The summed E-state index contributed by atoms with van der Waals surface area (Å²) in [4.78, 5) is 10.8. The van der Waals surface area contributed by atoms with Gasteiger partial charge >= 0.3 is 5.97 Å². The Hall–Kier alpha value is -1.77. The van der Waals surface area contributed by atoms with Crippen LogP contribution in [0.1, 0.15) is 5.56 Å². The van der Waals surface area contributed by atoms with Gasteiger partial charge in [-0.2, -0.15) is 0 Å². The third kappa shape index (κ3) is 2.94. The third-order valence-corrected chi connectivity index (χ3v) is 1.63. The van der Waals surface area contributed by atoms with Gasteiger partial charge in [-0.15, -0.1) is 0 Å². The molecule has 0 fully saturated rings. The lowest BCUT2D eigenvalue weighted by Crippen LogP contribution is -1.93. The van der Waals surface area contributed by atoms with Crippen LogP contribution in [-0.2, 0) is 9.53 Å². The summed E-state index contributed by atoms with van der Waals surface area (Å²) in [6.07, 6.45) is 3.01. The van der Waals surface area contributed by atoms with Crippen molar-refractivity contribution in [3.63, 3.8) is 0 Å². The molecule has 1 rings (SSSR count). The summed E-state index contributed by atoms with van der Waals surface area (Å²) < 4.78 is 9.45. The number of carbonyl (C=O) groups is 1. The second kappa shape index (κ2) is 5.07.